The highest BCUT2D eigenvalue weighted by atomic mass is 14.9. The van der Waals surface area contributed by atoms with Crippen LogP contribution in [0.3, 0.4) is 0 Å². The molecular weight excluding hydrogens is 392 g/mol. The van der Waals surface area contributed by atoms with Gasteiger partial charge in [0.15, 0.2) is 11.6 Å². The van der Waals surface area contributed by atoms with Crippen molar-refractivity contribution in [2.45, 2.75) is 0 Å². The predicted octanol–water partition coefficient (Wildman–Crippen LogP) is 6.59. The molecule has 0 aliphatic heterocycles. The van der Waals surface area contributed by atoms with E-state index in [1.54, 1.807) is 0 Å². The van der Waals surface area contributed by atoms with E-state index in [4.69, 9.17) is 0 Å². The Kier molecular flexibility index (Phi) is 5.58. The van der Waals surface area contributed by atoms with Gasteiger partial charge < -0.3 is 0 Å². The van der Waals surface area contributed by atoms with Crippen LogP contribution < -0.4 is 0 Å². The summed E-state index contributed by atoms with van der Waals surface area (Å²) in [7, 11) is 0. The van der Waals surface area contributed by atoms with Crippen molar-refractivity contribution < 1.29 is 0 Å². The van der Waals surface area contributed by atoms with Crippen LogP contribution in [-0.4, -0.2) is 19.9 Å². The third-order valence-electron chi connectivity index (χ3n) is 5.04. The zero-order valence-electron chi connectivity index (χ0n) is 17.3. The lowest BCUT2D eigenvalue weighted by Crippen LogP contribution is -1.88. The van der Waals surface area contributed by atoms with Gasteiger partial charge in [0.2, 0.25) is 0 Å². The largest absolute Gasteiger partial charge is 0.236 e. The SMILES string of the molecule is c1ccc(-c2ncc3ccccc3n2)cc1.c1ccc(-c2ncc3ccccc3n2)cc1. The van der Waals surface area contributed by atoms with Gasteiger partial charge in [-0.05, 0) is 12.1 Å². The first-order valence-electron chi connectivity index (χ1n) is 10.4. The summed E-state index contributed by atoms with van der Waals surface area (Å²) in [5.74, 6) is 1.55. The molecule has 0 atom stereocenters. The molecule has 0 spiro atoms. The third kappa shape index (κ3) is 4.35. The van der Waals surface area contributed by atoms with E-state index in [9.17, 15) is 0 Å². The zero-order chi connectivity index (χ0) is 21.6. The fourth-order valence-electron chi connectivity index (χ4n) is 3.40. The van der Waals surface area contributed by atoms with E-state index in [0.29, 0.717) is 0 Å². The number of nitrogens with zero attached hydrogens (tertiary/aromatic N) is 4. The summed E-state index contributed by atoms with van der Waals surface area (Å²) in [5.41, 5.74) is 4.06. The first-order chi connectivity index (χ1) is 15.9. The number of rotatable bonds is 2. The van der Waals surface area contributed by atoms with Gasteiger partial charge in [0, 0.05) is 34.3 Å². The Morgan fingerprint density at radius 3 is 1.19 bits per heavy atom. The van der Waals surface area contributed by atoms with Crippen molar-refractivity contribution in [2.75, 3.05) is 0 Å². The van der Waals surface area contributed by atoms with Crippen molar-refractivity contribution in [3.63, 3.8) is 0 Å². The van der Waals surface area contributed by atoms with Gasteiger partial charge >= 0.3 is 0 Å². The van der Waals surface area contributed by atoms with E-state index in [1.807, 2.05) is 122 Å². The Bertz CT molecular complexity index is 1350. The van der Waals surface area contributed by atoms with Crippen LogP contribution in [0.25, 0.3) is 44.6 Å². The molecule has 0 saturated carbocycles. The molecule has 0 saturated heterocycles. The smallest absolute Gasteiger partial charge is 0.159 e. The molecule has 4 nitrogen and oxygen atoms in total. The van der Waals surface area contributed by atoms with E-state index < -0.39 is 0 Å². The van der Waals surface area contributed by atoms with Crippen LogP contribution in [-0.2, 0) is 0 Å². The minimum absolute atomic E-state index is 0.777. The minimum atomic E-state index is 0.777. The maximum absolute atomic E-state index is 4.53. The normalized spacial score (nSPS) is 10.5. The quantitative estimate of drug-likeness (QED) is 0.322. The van der Waals surface area contributed by atoms with Crippen LogP contribution in [0.4, 0.5) is 0 Å². The van der Waals surface area contributed by atoms with Crippen molar-refractivity contribution in [2.24, 2.45) is 0 Å². The first-order valence-corrected chi connectivity index (χ1v) is 10.4. The molecule has 0 N–H and O–H groups in total. The number of hydrogen-bond donors (Lipinski definition) is 0. The first kappa shape index (κ1) is 19.5. The molecule has 2 aromatic heterocycles. The van der Waals surface area contributed by atoms with Crippen LogP contribution in [0.1, 0.15) is 0 Å². The molecule has 0 radical (unpaired) electrons. The maximum Gasteiger partial charge on any atom is 0.159 e. The van der Waals surface area contributed by atoms with Crippen molar-refractivity contribution in [3.8, 4) is 22.8 Å². The van der Waals surface area contributed by atoms with Crippen LogP contribution >= 0.6 is 0 Å². The summed E-state index contributed by atoms with van der Waals surface area (Å²) in [6.07, 6.45) is 3.73. The second-order valence-electron chi connectivity index (χ2n) is 7.24. The fourth-order valence-corrected chi connectivity index (χ4v) is 3.40. The van der Waals surface area contributed by atoms with Gasteiger partial charge in [0.1, 0.15) is 0 Å². The Balaban J connectivity index is 0.000000135. The summed E-state index contributed by atoms with van der Waals surface area (Å²) < 4.78 is 0. The standard InChI is InChI=1S/2C14H10N2/c2*1-2-6-11(7-3-1)14-15-10-12-8-4-5-9-13(12)16-14/h2*1-10H. The van der Waals surface area contributed by atoms with Crippen molar-refractivity contribution in [1.82, 2.24) is 19.9 Å². The highest BCUT2D eigenvalue weighted by Crippen LogP contribution is 2.18. The number of aromatic nitrogens is 4. The summed E-state index contributed by atoms with van der Waals surface area (Å²) in [6, 6.07) is 36.0. The van der Waals surface area contributed by atoms with Gasteiger partial charge in [-0.25, -0.2) is 19.9 Å². The van der Waals surface area contributed by atoms with Gasteiger partial charge in [-0.1, -0.05) is 97.1 Å². The molecule has 0 amide bonds. The monoisotopic (exact) mass is 412 g/mol. The van der Waals surface area contributed by atoms with Crippen LogP contribution in [0, 0.1) is 0 Å². The van der Waals surface area contributed by atoms with E-state index in [2.05, 4.69) is 19.9 Å². The average Bonchev–Trinajstić information content (AvgIpc) is 2.89. The molecule has 0 aliphatic rings. The van der Waals surface area contributed by atoms with Crippen molar-refractivity contribution >= 4 is 21.8 Å². The van der Waals surface area contributed by atoms with Crippen LogP contribution in [0.15, 0.2) is 122 Å². The van der Waals surface area contributed by atoms with Gasteiger partial charge in [-0.2, -0.15) is 0 Å². The Labute approximate surface area is 186 Å². The van der Waals surface area contributed by atoms with Gasteiger partial charge in [0.25, 0.3) is 0 Å². The van der Waals surface area contributed by atoms with E-state index in [0.717, 1.165) is 44.6 Å². The number of para-hydroxylation sites is 2. The summed E-state index contributed by atoms with van der Waals surface area (Å²) in [5, 5.41) is 2.14. The van der Waals surface area contributed by atoms with E-state index in [1.165, 1.54) is 0 Å². The third-order valence-corrected chi connectivity index (χ3v) is 5.04. The second kappa shape index (κ2) is 9.14. The number of hydrogen-bond acceptors (Lipinski definition) is 4. The molecule has 4 aromatic carbocycles. The molecule has 32 heavy (non-hydrogen) atoms. The molecule has 2 heterocycles. The van der Waals surface area contributed by atoms with Crippen LogP contribution in [0.5, 0.6) is 0 Å². The van der Waals surface area contributed by atoms with Gasteiger partial charge in [-0.3, -0.25) is 0 Å². The molecule has 0 aliphatic carbocycles. The summed E-state index contributed by atoms with van der Waals surface area (Å²) in [6.45, 7) is 0. The molecule has 4 heteroatoms. The summed E-state index contributed by atoms with van der Waals surface area (Å²) >= 11 is 0. The molecule has 0 bridgehead atoms. The highest BCUT2D eigenvalue weighted by Gasteiger charge is 2.02. The van der Waals surface area contributed by atoms with Crippen LogP contribution in [0.2, 0.25) is 0 Å². The molecule has 6 aromatic rings. The summed E-state index contributed by atoms with van der Waals surface area (Å²) in [4.78, 5) is 17.8. The molecule has 0 fully saturated rings. The molecule has 152 valence electrons. The lowest BCUT2D eigenvalue weighted by molar-refractivity contribution is 1.23. The van der Waals surface area contributed by atoms with Crippen molar-refractivity contribution in [1.29, 1.82) is 0 Å². The predicted molar refractivity (Wildman–Crippen MR) is 130 cm³/mol. The highest BCUT2D eigenvalue weighted by molar-refractivity contribution is 5.80. The average molecular weight is 412 g/mol. The lowest BCUT2D eigenvalue weighted by Gasteiger charge is -2.01. The topological polar surface area (TPSA) is 51.6 Å². The molecule has 0 unspecified atom stereocenters. The Hall–Kier alpha value is -4.44. The van der Waals surface area contributed by atoms with E-state index in [-0.39, 0.29) is 0 Å². The zero-order valence-corrected chi connectivity index (χ0v) is 17.3. The second-order valence-corrected chi connectivity index (χ2v) is 7.24. The number of benzene rings is 4. The Morgan fingerprint density at radius 2 is 0.750 bits per heavy atom. The van der Waals surface area contributed by atoms with E-state index >= 15 is 0 Å². The molecule has 6 rings (SSSR count). The van der Waals surface area contributed by atoms with Gasteiger partial charge in [0.05, 0.1) is 11.0 Å². The maximum atomic E-state index is 4.53. The minimum Gasteiger partial charge on any atom is -0.236 e. The fraction of sp³-hybridized carbons (Fsp3) is 0. The number of fused-ring (bicyclic) bond motifs is 2. The molecular formula is C28H20N4. The van der Waals surface area contributed by atoms with Gasteiger partial charge in [-0.15, -0.1) is 0 Å². The lowest BCUT2D eigenvalue weighted by atomic mass is 10.2. The Morgan fingerprint density at radius 1 is 0.375 bits per heavy atom. The van der Waals surface area contributed by atoms with Crippen molar-refractivity contribution in [3.05, 3.63) is 122 Å².